The monoisotopic (exact) mass is 392 g/mol. The highest BCUT2D eigenvalue weighted by atomic mass is 15.4. The molecule has 0 aromatic rings. The van der Waals surface area contributed by atoms with Crippen LogP contribution in [0.25, 0.3) is 0 Å². The van der Waals surface area contributed by atoms with Crippen LogP contribution in [0.2, 0.25) is 0 Å². The van der Waals surface area contributed by atoms with Gasteiger partial charge in [0.2, 0.25) is 0 Å². The van der Waals surface area contributed by atoms with Gasteiger partial charge in [0, 0.05) is 25.5 Å². The van der Waals surface area contributed by atoms with Crippen LogP contribution in [0.3, 0.4) is 0 Å². The molecule has 166 valence electrons. The molecule has 1 aliphatic heterocycles. The first-order chi connectivity index (χ1) is 13.8. The highest BCUT2D eigenvalue weighted by Gasteiger charge is 2.23. The second-order valence-corrected chi connectivity index (χ2v) is 8.99. The molecule has 1 aliphatic rings. The summed E-state index contributed by atoms with van der Waals surface area (Å²) in [4.78, 5) is 5.15. The van der Waals surface area contributed by atoms with Gasteiger partial charge in [0.1, 0.15) is 6.17 Å². The molecule has 0 aromatic carbocycles. The van der Waals surface area contributed by atoms with E-state index >= 15 is 0 Å². The van der Waals surface area contributed by atoms with Crippen molar-refractivity contribution in [3.8, 4) is 0 Å². The number of nitrogens with zero attached hydrogens (tertiary/aromatic N) is 2. The van der Waals surface area contributed by atoms with E-state index < -0.39 is 0 Å². The maximum absolute atomic E-state index is 2.60. The van der Waals surface area contributed by atoms with E-state index in [9.17, 15) is 0 Å². The highest BCUT2D eigenvalue weighted by Crippen LogP contribution is 2.21. The molecule has 0 spiro atoms. The summed E-state index contributed by atoms with van der Waals surface area (Å²) >= 11 is 0. The lowest BCUT2D eigenvalue weighted by Gasteiger charge is -2.32. The summed E-state index contributed by atoms with van der Waals surface area (Å²) in [5, 5.41) is 0. The van der Waals surface area contributed by atoms with Crippen LogP contribution >= 0.6 is 0 Å². The largest absolute Gasteiger partial charge is 0.356 e. The van der Waals surface area contributed by atoms with E-state index in [4.69, 9.17) is 0 Å². The predicted molar refractivity (Wildman–Crippen MR) is 126 cm³/mol. The fourth-order valence-electron chi connectivity index (χ4n) is 4.52. The molecule has 0 N–H and O–H groups in total. The van der Waals surface area contributed by atoms with Crippen molar-refractivity contribution in [3.63, 3.8) is 0 Å². The molecular formula is C26H52N2. The molecule has 28 heavy (non-hydrogen) atoms. The van der Waals surface area contributed by atoms with Crippen molar-refractivity contribution in [2.24, 2.45) is 0 Å². The van der Waals surface area contributed by atoms with Gasteiger partial charge in [-0.3, -0.25) is 0 Å². The standard InChI is InChI=1S/C26H52N2/c1-4-7-8-9-10-11-12-13-14-15-16-17-18-19-20-23-28-25-24-27(22-6-3)26(28)21-5-2/h24-26H,4-23H2,1-3H3. The normalized spacial score (nSPS) is 16.5. The van der Waals surface area contributed by atoms with E-state index in [2.05, 4.69) is 43.0 Å². The van der Waals surface area contributed by atoms with Crippen LogP contribution in [0.15, 0.2) is 12.4 Å². The van der Waals surface area contributed by atoms with E-state index in [1.54, 1.807) is 0 Å². The zero-order valence-corrected chi connectivity index (χ0v) is 19.8. The lowest BCUT2D eigenvalue weighted by molar-refractivity contribution is 0.140. The van der Waals surface area contributed by atoms with Gasteiger partial charge < -0.3 is 9.80 Å². The molecular weight excluding hydrogens is 340 g/mol. The SMILES string of the molecule is CCCCCCCCCCCCCCCCCN1C=CN(CCC)C1CCC. The molecule has 1 rings (SSSR count). The smallest absolute Gasteiger partial charge is 0.101 e. The van der Waals surface area contributed by atoms with Crippen LogP contribution in [0.1, 0.15) is 136 Å². The van der Waals surface area contributed by atoms with E-state index in [0.29, 0.717) is 6.17 Å². The van der Waals surface area contributed by atoms with Crippen molar-refractivity contribution in [3.05, 3.63) is 12.4 Å². The molecule has 0 amide bonds. The number of hydrogen-bond donors (Lipinski definition) is 0. The van der Waals surface area contributed by atoms with Crippen LogP contribution in [0.4, 0.5) is 0 Å². The summed E-state index contributed by atoms with van der Waals surface area (Å²) in [5.74, 6) is 0. The molecule has 2 heteroatoms. The summed E-state index contributed by atoms with van der Waals surface area (Å²) < 4.78 is 0. The van der Waals surface area contributed by atoms with Crippen LogP contribution < -0.4 is 0 Å². The Morgan fingerprint density at radius 1 is 0.464 bits per heavy atom. The first-order valence-electron chi connectivity index (χ1n) is 13.0. The van der Waals surface area contributed by atoms with Gasteiger partial charge in [0.15, 0.2) is 0 Å². The average Bonchev–Trinajstić information content (AvgIpc) is 3.07. The molecule has 1 atom stereocenters. The third-order valence-corrected chi connectivity index (χ3v) is 6.26. The first kappa shape index (κ1) is 25.4. The third kappa shape index (κ3) is 12.0. The van der Waals surface area contributed by atoms with Crippen molar-refractivity contribution in [1.29, 1.82) is 0 Å². The van der Waals surface area contributed by atoms with Crippen molar-refractivity contribution in [1.82, 2.24) is 9.80 Å². The maximum Gasteiger partial charge on any atom is 0.101 e. The van der Waals surface area contributed by atoms with Crippen LogP contribution in [-0.4, -0.2) is 29.1 Å². The minimum Gasteiger partial charge on any atom is -0.356 e. The van der Waals surface area contributed by atoms with Crippen LogP contribution in [0.5, 0.6) is 0 Å². The second-order valence-electron chi connectivity index (χ2n) is 8.99. The molecule has 2 nitrogen and oxygen atoms in total. The summed E-state index contributed by atoms with van der Waals surface area (Å²) in [6.07, 6.45) is 30.8. The Morgan fingerprint density at radius 3 is 1.32 bits per heavy atom. The Bertz CT molecular complexity index is 352. The first-order valence-corrected chi connectivity index (χ1v) is 13.0. The van der Waals surface area contributed by atoms with E-state index in [1.807, 2.05) is 0 Å². The quantitative estimate of drug-likeness (QED) is 0.192. The predicted octanol–water partition coefficient (Wildman–Crippen LogP) is 8.48. The van der Waals surface area contributed by atoms with Gasteiger partial charge in [-0.2, -0.15) is 0 Å². The molecule has 1 heterocycles. The Hall–Kier alpha value is -0.660. The highest BCUT2D eigenvalue weighted by molar-refractivity contribution is 4.96. The van der Waals surface area contributed by atoms with Gasteiger partial charge >= 0.3 is 0 Å². The van der Waals surface area contributed by atoms with Crippen molar-refractivity contribution >= 4 is 0 Å². The van der Waals surface area contributed by atoms with Gasteiger partial charge in [-0.1, -0.05) is 117 Å². The number of hydrogen-bond acceptors (Lipinski definition) is 2. The zero-order chi connectivity index (χ0) is 20.3. The molecule has 0 aromatic heterocycles. The van der Waals surface area contributed by atoms with Gasteiger partial charge in [-0.05, 0) is 19.3 Å². The van der Waals surface area contributed by atoms with Crippen molar-refractivity contribution in [2.75, 3.05) is 13.1 Å². The minimum absolute atomic E-state index is 0.636. The second kappa shape index (κ2) is 18.4. The lowest BCUT2D eigenvalue weighted by Crippen LogP contribution is -2.39. The van der Waals surface area contributed by atoms with Gasteiger partial charge in [-0.25, -0.2) is 0 Å². The van der Waals surface area contributed by atoms with E-state index in [0.717, 1.165) is 0 Å². The minimum atomic E-state index is 0.636. The zero-order valence-electron chi connectivity index (χ0n) is 19.8. The fourth-order valence-corrected chi connectivity index (χ4v) is 4.52. The van der Waals surface area contributed by atoms with Crippen molar-refractivity contribution in [2.45, 2.75) is 143 Å². The van der Waals surface area contributed by atoms with Crippen molar-refractivity contribution < 1.29 is 0 Å². The molecule has 0 bridgehead atoms. The Balaban J connectivity index is 1.88. The molecule has 1 unspecified atom stereocenters. The fraction of sp³-hybridized carbons (Fsp3) is 0.923. The molecule has 0 radical (unpaired) electrons. The van der Waals surface area contributed by atoms with Gasteiger partial charge in [0.25, 0.3) is 0 Å². The van der Waals surface area contributed by atoms with Gasteiger partial charge in [-0.15, -0.1) is 0 Å². The summed E-state index contributed by atoms with van der Waals surface area (Å²) in [6.45, 7) is 9.35. The Morgan fingerprint density at radius 2 is 0.893 bits per heavy atom. The Labute approximate surface area is 178 Å². The average molecular weight is 393 g/mol. The summed E-state index contributed by atoms with van der Waals surface area (Å²) in [6, 6.07) is 0. The molecule has 0 saturated carbocycles. The van der Waals surface area contributed by atoms with E-state index in [-0.39, 0.29) is 0 Å². The molecule has 0 saturated heterocycles. The maximum atomic E-state index is 2.60. The third-order valence-electron chi connectivity index (χ3n) is 6.26. The molecule has 0 fully saturated rings. The number of rotatable bonds is 20. The molecule has 0 aliphatic carbocycles. The topological polar surface area (TPSA) is 6.48 Å². The Kier molecular flexibility index (Phi) is 16.7. The number of unbranched alkanes of at least 4 members (excludes halogenated alkanes) is 14. The van der Waals surface area contributed by atoms with E-state index in [1.165, 1.54) is 129 Å². The van der Waals surface area contributed by atoms with Crippen LogP contribution in [0, 0.1) is 0 Å². The van der Waals surface area contributed by atoms with Gasteiger partial charge in [0.05, 0.1) is 0 Å². The van der Waals surface area contributed by atoms with Crippen LogP contribution in [-0.2, 0) is 0 Å². The summed E-state index contributed by atoms with van der Waals surface area (Å²) in [7, 11) is 0. The summed E-state index contributed by atoms with van der Waals surface area (Å²) in [5.41, 5.74) is 0. The lowest BCUT2D eigenvalue weighted by atomic mass is 10.0.